The molecule has 0 bridgehead atoms. The lowest BCUT2D eigenvalue weighted by molar-refractivity contribution is -0.774. The van der Waals surface area contributed by atoms with Crippen molar-refractivity contribution in [2.45, 2.75) is 6.55 Å². The highest BCUT2D eigenvalue weighted by molar-refractivity contribution is 4.87. The molecule has 54 valence electrons. The summed E-state index contributed by atoms with van der Waals surface area (Å²) in [7, 11) is 0. The van der Waals surface area contributed by atoms with Crippen LogP contribution in [0.1, 0.15) is 6.55 Å². The summed E-state index contributed by atoms with van der Waals surface area (Å²) >= 11 is 0. The van der Waals surface area contributed by atoms with Gasteiger partial charge in [0.25, 0.3) is 0 Å². The number of nitrogens with zero attached hydrogens (tertiary/aromatic N) is 1. The van der Waals surface area contributed by atoms with E-state index in [1.54, 1.807) is 0 Å². The first-order chi connectivity index (χ1) is 4.70. The van der Waals surface area contributed by atoms with Gasteiger partial charge in [-0.25, -0.2) is 4.39 Å². The molecule has 1 rings (SSSR count). The molecule has 0 spiro atoms. The minimum absolute atomic E-state index is 0.495. The SMILES string of the molecule is Fc1ccc[n+](C(F)F)c1. The second-order valence-corrected chi connectivity index (χ2v) is 1.75. The van der Waals surface area contributed by atoms with E-state index < -0.39 is 12.4 Å². The lowest BCUT2D eigenvalue weighted by Crippen LogP contribution is -2.33. The third kappa shape index (κ3) is 1.46. The molecular formula is C6H5F3N+. The summed E-state index contributed by atoms with van der Waals surface area (Å²) in [6, 6.07) is 2.33. The van der Waals surface area contributed by atoms with Gasteiger partial charge in [0.2, 0.25) is 6.20 Å². The van der Waals surface area contributed by atoms with Gasteiger partial charge in [-0.1, -0.05) is 0 Å². The first kappa shape index (κ1) is 7.05. The van der Waals surface area contributed by atoms with Crippen molar-refractivity contribution in [3.05, 3.63) is 30.3 Å². The van der Waals surface area contributed by atoms with Gasteiger partial charge in [0.05, 0.1) is 0 Å². The Morgan fingerprint density at radius 2 is 2.10 bits per heavy atom. The van der Waals surface area contributed by atoms with Crippen LogP contribution in [0.3, 0.4) is 0 Å². The molecule has 0 amide bonds. The minimum atomic E-state index is -2.67. The largest absolute Gasteiger partial charge is 0.451 e. The third-order valence-corrected chi connectivity index (χ3v) is 1.01. The Morgan fingerprint density at radius 1 is 1.40 bits per heavy atom. The maximum absolute atomic E-state index is 12.2. The Kier molecular flexibility index (Phi) is 1.89. The topological polar surface area (TPSA) is 3.88 Å². The van der Waals surface area contributed by atoms with Crippen LogP contribution < -0.4 is 4.57 Å². The van der Waals surface area contributed by atoms with Gasteiger partial charge in [-0.05, 0) is 6.07 Å². The van der Waals surface area contributed by atoms with Gasteiger partial charge in [0, 0.05) is 6.07 Å². The quantitative estimate of drug-likeness (QED) is 0.531. The molecule has 10 heavy (non-hydrogen) atoms. The van der Waals surface area contributed by atoms with Crippen molar-refractivity contribution in [2.75, 3.05) is 0 Å². The Bertz CT molecular complexity index is 224. The smallest absolute Gasteiger partial charge is 0.200 e. The van der Waals surface area contributed by atoms with E-state index in [0.29, 0.717) is 4.57 Å². The van der Waals surface area contributed by atoms with Crippen LogP contribution in [-0.4, -0.2) is 0 Å². The number of pyridine rings is 1. The number of aromatic nitrogens is 1. The molecule has 4 heteroatoms. The molecule has 0 fully saturated rings. The molecule has 0 saturated carbocycles. The van der Waals surface area contributed by atoms with Gasteiger partial charge < -0.3 is 0 Å². The highest BCUT2D eigenvalue weighted by atomic mass is 19.3. The molecule has 0 N–H and O–H groups in total. The molecule has 0 saturated heterocycles. The standard InChI is InChI=1S/C6H5F3N/c7-5-2-1-3-10(4-5)6(8)9/h1-4,6H/q+1. The van der Waals surface area contributed by atoms with Gasteiger partial charge in [-0.15, -0.1) is 13.3 Å². The molecule has 0 aliphatic heterocycles. The first-order valence-electron chi connectivity index (χ1n) is 2.64. The third-order valence-electron chi connectivity index (χ3n) is 1.01. The van der Waals surface area contributed by atoms with E-state index >= 15 is 0 Å². The van der Waals surface area contributed by atoms with Crippen LogP contribution in [0, 0.1) is 5.82 Å². The van der Waals surface area contributed by atoms with Gasteiger partial charge in [-0.2, -0.15) is 0 Å². The monoisotopic (exact) mass is 148 g/mol. The second-order valence-electron chi connectivity index (χ2n) is 1.75. The van der Waals surface area contributed by atoms with Gasteiger partial charge >= 0.3 is 6.55 Å². The van der Waals surface area contributed by atoms with Crippen LogP contribution >= 0.6 is 0 Å². The zero-order valence-electron chi connectivity index (χ0n) is 4.97. The first-order valence-corrected chi connectivity index (χ1v) is 2.64. The summed E-state index contributed by atoms with van der Waals surface area (Å²) in [6.45, 7) is -2.67. The van der Waals surface area contributed by atoms with Crippen LogP contribution in [0.4, 0.5) is 13.2 Å². The fourth-order valence-corrected chi connectivity index (χ4v) is 0.584. The molecule has 0 unspecified atom stereocenters. The normalized spacial score (nSPS) is 10.4. The van der Waals surface area contributed by atoms with Crippen molar-refractivity contribution in [2.24, 2.45) is 0 Å². The molecule has 1 nitrogen and oxygen atoms in total. The van der Waals surface area contributed by atoms with Crippen LogP contribution in [0.25, 0.3) is 0 Å². The highest BCUT2D eigenvalue weighted by Gasteiger charge is 2.13. The molecule has 0 aliphatic rings. The summed E-state index contributed by atoms with van der Waals surface area (Å²) in [6.07, 6.45) is 1.85. The van der Waals surface area contributed by atoms with Crippen LogP contribution in [0.2, 0.25) is 0 Å². The predicted molar refractivity (Wildman–Crippen MR) is 27.8 cm³/mol. The van der Waals surface area contributed by atoms with Crippen LogP contribution in [0.5, 0.6) is 0 Å². The molecule has 0 aliphatic carbocycles. The average molecular weight is 148 g/mol. The Morgan fingerprint density at radius 3 is 2.50 bits per heavy atom. The molecule has 1 heterocycles. The fourth-order valence-electron chi connectivity index (χ4n) is 0.584. The Labute approximate surface area is 55.7 Å². The number of alkyl halides is 2. The molecule has 1 aromatic rings. The molecular weight excluding hydrogens is 143 g/mol. The highest BCUT2D eigenvalue weighted by Crippen LogP contribution is 1.98. The molecule has 0 atom stereocenters. The molecule has 0 radical (unpaired) electrons. The number of halogens is 3. The van der Waals surface area contributed by atoms with Crippen LogP contribution in [-0.2, 0) is 0 Å². The van der Waals surface area contributed by atoms with Gasteiger partial charge in [0.1, 0.15) is 0 Å². The Balaban J connectivity index is 2.96. The van der Waals surface area contributed by atoms with E-state index in [1.165, 1.54) is 6.07 Å². The van der Waals surface area contributed by atoms with E-state index in [0.717, 1.165) is 18.5 Å². The molecule has 1 aromatic heterocycles. The van der Waals surface area contributed by atoms with Crippen molar-refractivity contribution in [1.29, 1.82) is 0 Å². The van der Waals surface area contributed by atoms with Crippen LogP contribution in [0.15, 0.2) is 24.5 Å². The zero-order valence-corrected chi connectivity index (χ0v) is 4.97. The van der Waals surface area contributed by atoms with E-state index in [4.69, 9.17) is 0 Å². The summed E-state index contributed by atoms with van der Waals surface area (Å²) < 4.78 is 36.2. The number of rotatable bonds is 1. The van der Waals surface area contributed by atoms with Crippen molar-refractivity contribution in [3.8, 4) is 0 Å². The minimum Gasteiger partial charge on any atom is -0.200 e. The lowest BCUT2D eigenvalue weighted by Gasteiger charge is -1.90. The summed E-state index contributed by atoms with van der Waals surface area (Å²) in [4.78, 5) is 0. The van der Waals surface area contributed by atoms with Gasteiger partial charge in [-0.3, -0.25) is 0 Å². The molecule has 0 aromatic carbocycles. The summed E-state index contributed by atoms with van der Waals surface area (Å²) in [5.41, 5.74) is 0. The predicted octanol–water partition coefficient (Wildman–Crippen LogP) is 1.51. The number of hydrogen-bond acceptors (Lipinski definition) is 0. The number of hydrogen-bond donors (Lipinski definition) is 0. The summed E-state index contributed by atoms with van der Waals surface area (Å²) in [5.74, 6) is -0.664. The van der Waals surface area contributed by atoms with Crippen molar-refractivity contribution < 1.29 is 17.7 Å². The lowest BCUT2D eigenvalue weighted by atomic mass is 10.5. The van der Waals surface area contributed by atoms with Crippen molar-refractivity contribution in [3.63, 3.8) is 0 Å². The van der Waals surface area contributed by atoms with Gasteiger partial charge in [0.15, 0.2) is 12.0 Å². The maximum atomic E-state index is 12.2. The van der Waals surface area contributed by atoms with E-state index in [-0.39, 0.29) is 0 Å². The van der Waals surface area contributed by atoms with E-state index in [1.807, 2.05) is 0 Å². The average Bonchev–Trinajstić information content (AvgIpc) is 1.88. The second kappa shape index (κ2) is 2.68. The zero-order chi connectivity index (χ0) is 7.56. The summed E-state index contributed by atoms with van der Waals surface area (Å²) in [5, 5.41) is 0. The van der Waals surface area contributed by atoms with Crippen molar-refractivity contribution >= 4 is 0 Å². The Hall–Kier alpha value is -1.06. The maximum Gasteiger partial charge on any atom is 0.451 e. The van der Waals surface area contributed by atoms with E-state index in [9.17, 15) is 13.2 Å². The van der Waals surface area contributed by atoms with E-state index in [2.05, 4.69) is 0 Å². The van der Waals surface area contributed by atoms with Crippen molar-refractivity contribution in [1.82, 2.24) is 0 Å². The fraction of sp³-hybridized carbons (Fsp3) is 0.167.